The maximum Gasteiger partial charge on any atom is 0.370 e. The van der Waals surface area contributed by atoms with Gasteiger partial charge in [0.2, 0.25) is 0 Å². The first-order valence-electron chi connectivity index (χ1n) is 14.8. The third kappa shape index (κ3) is 13.4. The van der Waals surface area contributed by atoms with Crippen molar-refractivity contribution >= 4 is 27.5 Å². The van der Waals surface area contributed by atoms with Crippen LogP contribution < -0.4 is 0 Å². The van der Waals surface area contributed by atoms with E-state index in [1.54, 1.807) is 6.92 Å². The number of esters is 2. The van der Waals surface area contributed by atoms with Crippen LogP contribution in [0, 0.1) is 5.92 Å². The fourth-order valence-electron chi connectivity index (χ4n) is 5.34. The summed E-state index contributed by atoms with van der Waals surface area (Å²) in [4.78, 5) is 24.3. The summed E-state index contributed by atoms with van der Waals surface area (Å²) < 4.78 is 47.5. The second-order valence-electron chi connectivity index (χ2n) is 10.8. The van der Waals surface area contributed by atoms with Crippen molar-refractivity contribution in [3.8, 4) is 0 Å². The van der Waals surface area contributed by atoms with Gasteiger partial charge in [0.25, 0.3) is 11.7 Å². The van der Waals surface area contributed by atoms with Crippen LogP contribution in [0.3, 0.4) is 0 Å². The zero-order valence-corrected chi connectivity index (χ0v) is 25.6. The van der Waals surface area contributed by atoms with Crippen LogP contribution in [0.4, 0.5) is 0 Å². The number of unbranched alkanes of at least 4 members (excludes halogenated alkanes) is 1. The van der Waals surface area contributed by atoms with E-state index in [1.165, 1.54) is 19.3 Å². The van der Waals surface area contributed by atoms with Gasteiger partial charge in [0.15, 0.2) is 0 Å². The highest BCUT2D eigenvalue weighted by Crippen LogP contribution is 2.35. The Balaban J connectivity index is 1.56. The molecule has 0 amide bonds. The summed E-state index contributed by atoms with van der Waals surface area (Å²) in [6, 6.07) is 0. The Morgan fingerprint density at radius 2 is 1.39 bits per heavy atom. The molecule has 0 radical (unpaired) electrons. The zero-order valence-electron chi connectivity index (χ0n) is 23.8. The maximum atomic E-state index is 12.7. The molecule has 10 heteroatoms. The van der Waals surface area contributed by atoms with Crippen molar-refractivity contribution in [1.29, 1.82) is 0 Å². The molecule has 2 aliphatic carbocycles. The molecular formula is C28H50O8P2+2. The van der Waals surface area contributed by atoms with Crippen LogP contribution in [0.5, 0.6) is 0 Å². The zero-order chi connectivity index (χ0) is 27.8. The first-order chi connectivity index (χ1) is 18.3. The van der Waals surface area contributed by atoms with Gasteiger partial charge in [0.05, 0.1) is 0 Å². The molecule has 0 saturated heterocycles. The molecule has 0 heterocycles. The Morgan fingerprint density at radius 1 is 0.789 bits per heavy atom. The molecule has 0 N–H and O–H groups in total. The van der Waals surface area contributed by atoms with Gasteiger partial charge in [0, 0.05) is 13.3 Å². The minimum Gasteiger partial charge on any atom is -0.461 e. The van der Waals surface area contributed by atoms with E-state index in [1.807, 2.05) is 6.92 Å². The van der Waals surface area contributed by atoms with E-state index >= 15 is 0 Å². The molecule has 0 bridgehead atoms. The van der Waals surface area contributed by atoms with Crippen molar-refractivity contribution in [3.05, 3.63) is 0 Å². The predicted molar refractivity (Wildman–Crippen MR) is 149 cm³/mol. The minimum absolute atomic E-state index is 0.0112. The Morgan fingerprint density at radius 3 is 2.05 bits per heavy atom. The minimum atomic E-state index is -1.65. The second-order valence-corrected chi connectivity index (χ2v) is 14.6. The van der Waals surface area contributed by atoms with E-state index in [4.69, 9.17) is 18.9 Å². The maximum absolute atomic E-state index is 12.7. The highest BCUT2D eigenvalue weighted by atomic mass is 31.1. The van der Waals surface area contributed by atoms with E-state index in [9.17, 15) is 18.7 Å². The molecule has 6 unspecified atom stereocenters. The summed E-state index contributed by atoms with van der Waals surface area (Å²) in [6.07, 6.45) is 14.4. The molecule has 0 aliphatic heterocycles. The molecule has 218 valence electrons. The van der Waals surface area contributed by atoms with Crippen molar-refractivity contribution < 1.29 is 37.7 Å². The highest BCUT2D eigenvalue weighted by Gasteiger charge is 2.32. The topological polar surface area (TPSA) is 105 Å². The summed E-state index contributed by atoms with van der Waals surface area (Å²) in [6.45, 7) is 5.45. The Kier molecular flexibility index (Phi) is 16.8. The number of ether oxygens (including phenoxy) is 4. The van der Waals surface area contributed by atoms with Gasteiger partial charge in [-0.25, -0.2) is 9.59 Å². The SMILES string of the molecule is CCCC1CCCC(OC(=O)COC(C)[P+](=O)CCCC[P+](=O)C(CC)OCC(=O)OC2CCCCC2)C1. The normalized spacial score (nSPS) is 22.8. The van der Waals surface area contributed by atoms with Crippen LogP contribution in [0.15, 0.2) is 0 Å². The highest BCUT2D eigenvalue weighted by molar-refractivity contribution is 7.45. The van der Waals surface area contributed by atoms with Crippen molar-refractivity contribution in [1.82, 2.24) is 0 Å². The molecule has 0 aromatic heterocycles. The molecule has 0 aromatic carbocycles. The second kappa shape index (κ2) is 19.2. The molecular weight excluding hydrogens is 526 g/mol. The third-order valence-electron chi connectivity index (χ3n) is 7.50. The number of hydrogen-bond acceptors (Lipinski definition) is 8. The van der Waals surface area contributed by atoms with Crippen molar-refractivity contribution in [2.45, 2.75) is 135 Å². The van der Waals surface area contributed by atoms with Crippen molar-refractivity contribution in [3.63, 3.8) is 0 Å². The van der Waals surface area contributed by atoms with Gasteiger partial charge in [-0.3, -0.25) is 0 Å². The average molecular weight is 577 g/mol. The summed E-state index contributed by atoms with van der Waals surface area (Å²) >= 11 is 0. The third-order valence-corrected chi connectivity index (χ3v) is 11.1. The standard InChI is InChI=1S/C28H50O8P2/c1-4-12-23-13-11-16-25(19-23)36-26(29)20-33-22(3)37(31)17-9-10-18-38(32)28(5-2)34-21-27(30)35-24-14-7-6-8-15-24/h22-25,28H,4-21H2,1-3H3/q+2. The Labute approximate surface area is 231 Å². The molecule has 2 rings (SSSR count). The lowest BCUT2D eigenvalue weighted by Gasteiger charge is -2.28. The van der Waals surface area contributed by atoms with Crippen LogP contribution in [0.25, 0.3) is 0 Å². The van der Waals surface area contributed by atoms with E-state index < -0.39 is 27.3 Å². The molecule has 2 saturated carbocycles. The lowest BCUT2D eigenvalue weighted by atomic mass is 9.84. The number of rotatable bonds is 18. The van der Waals surface area contributed by atoms with Crippen LogP contribution in [0.1, 0.15) is 111 Å². The van der Waals surface area contributed by atoms with E-state index in [0.29, 0.717) is 37.5 Å². The predicted octanol–water partition coefficient (Wildman–Crippen LogP) is 7.31. The first-order valence-corrected chi connectivity index (χ1v) is 17.8. The van der Waals surface area contributed by atoms with Crippen molar-refractivity contribution in [2.75, 3.05) is 25.5 Å². The van der Waals surface area contributed by atoms with Gasteiger partial charge in [-0.05, 0) is 63.7 Å². The summed E-state index contributed by atoms with van der Waals surface area (Å²) in [5.41, 5.74) is 0. The molecule has 2 fully saturated rings. The van der Waals surface area contributed by atoms with Crippen LogP contribution in [-0.4, -0.2) is 61.4 Å². The summed E-state index contributed by atoms with van der Waals surface area (Å²) in [5.74, 6) is -1.14. The van der Waals surface area contributed by atoms with E-state index in [2.05, 4.69) is 6.92 Å². The molecule has 0 aromatic rings. The quantitative estimate of drug-likeness (QED) is 0.0950. The molecule has 8 nitrogen and oxygen atoms in total. The monoisotopic (exact) mass is 576 g/mol. The molecule has 2 aliphatic rings. The molecule has 6 atom stereocenters. The molecule has 0 spiro atoms. The largest absolute Gasteiger partial charge is 0.461 e. The van der Waals surface area contributed by atoms with Crippen LogP contribution >= 0.6 is 15.6 Å². The Hall–Kier alpha value is -0.940. The van der Waals surface area contributed by atoms with E-state index in [0.717, 1.165) is 51.4 Å². The number of carbonyl (C=O) groups excluding carboxylic acids is 2. The lowest BCUT2D eigenvalue weighted by Crippen LogP contribution is -2.28. The van der Waals surface area contributed by atoms with Gasteiger partial charge in [0.1, 0.15) is 37.7 Å². The fraction of sp³-hybridized carbons (Fsp3) is 0.929. The van der Waals surface area contributed by atoms with Gasteiger partial charge < -0.3 is 18.9 Å². The Bertz CT molecular complexity index is 738. The smallest absolute Gasteiger partial charge is 0.370 e. The molecule has 38 heavy (non-hydrogen) atoms. The van der Waals surface area contributed by atoms with Gasteiger partial charge in [-0.15, -0.1) is 0 Å². The van der Waals surface area contributed by atoms with Gasteiger partial charge >= 0.3 is 27.5 Å². The van der Waals surface area contributed by atoms with E-state index in [-0.39, 0.29) is 37.4 Å². The average Bonchev–Trinajstić information content (AvgIpc) is 2.91. The fourth-order valence-corrected chi connectivity index (χ4v) is 7.95. The summed E-state index contributed by atoms with van der Waals surface area (Å²) in [7, 11) is -3.28. The number of hydrogen-bond donors (Lipinski definition) is 0. The summed E-state index contributed by atoms with van der Waals surface area (Å²) in [5, 5.41) is 0. The van der Waals surface area contributed by atoms with Crippen LogP contribution in [0.2, 0.25) is 0 Å². The van der Waals surface area contributed by atoms with Crippen molar-refractivity contribution in [2.24, 2.45) is 5.92 Å². The van der Waals surface area contributed by atoms with Gasteiger partial charge in [-0.2, -0.15) is 0 Å². The first kappa shape index (κ1) is 33.3. The van der Waals surface area contributed by atoms with Gasteiger partial charge in [-0.1, -0.05) is 48.7 Å². The lowest BCUT2D eigenvalue weighted by molar-refractivity contribution is -0.157. The number of carbonyl (C=O) groups is 2. The van der Waals surface area contributed by atoms with Crippen LogP contribution in [-0.2, 0) is 37.7 Å².